The number of hydrogen-bond donors (Lipinski definition) is 2. The Morgan fingerprint density at radius 2 is 1.59 bits per heavy atom. The van der Waals surface area contributed by atoms with Gasteiger partial charge in [-0.15, -0.1) is 0 Å². The zero-order valence-electron chi connectivity index (χ0n) is 10.5. The van der Waals surface area contributed by atoms with Crippen LogP contribution in [0.1, 0.15) is 27.2 Å². The van der Waals surface area contributed by atoms with E-state index < -0.39 is 7.32 Å². The molecule has 0 heterocycles. The van der Waals surface area contributed by atoms with Gasteiger partial charge in [-0.1, -0.05) is 20.8 Å². The van der Waals surface area contributed by atoms with Crippen molar-refractivity contribution in [2.45, 2.75) is 27.2 Å². The van der Waals surface area contributed by atoms with Gasteiger partial charge >= 0.3 is 7.32 Å². The van der Waals surface area contributed by atoms with E-state index in [1.54, 1.807) is 24.3 Å². The van der Waals surface area contributed by atoms with Crippen molar-refractivity contribution in [2.75, 3.05) is 6.61 Å². The molecule has 0 saturated carbocycles. The first-order valence-corrected chi connectivity index (χ1v) is 5.62. The highest BCUT2D eigenvalue weighted by atomic mass is 16.6. The van der Waals surface area contributed by atoms with Crippen molar-refractivity contribution >= 4 is 7.32 Å². The van der Waals surface area contributed by atoms with Gasteiger partial charge < -0.3 is 19.4 Å². The second-order valence-corrected chi connectivity index (χ2v) is 5.07. The van der Waals surface area contributed by atoms with Gasteiger partial charge in [-0.2, -0.15) is 0 Å². The Kier molecular flexibility index (Phi) is 4.84. The van der Waals surface area contributed by atoms with E-state index in [4.69, 9.17) is 14.8 Å². The molecule has 0 aliphatic heterocycles. The van der Waals surface area contributed by atoms with E-state index >= 15 is 0 Å². The van der Waals surface area contributed by atoms with Crippen LogP contribution in [0.2, 0.25) is 0 Å². The van der Waals surface area contributed by atoms with E-state index in [9.17, 15) is 0 Å². The molecule has 17 heavy (non-hydrogen) atoms. The third-order valence-electron chi connectivity index (χ3n) is 2.19. The average molecular weight is 238 g/mol. The van der Waals surface area contributed by atoms with Crippen molar-refractivity contribution in [2.24, 2.45) is 5.41 Å². The quantitative estimate of drug-likeness (QED) is 0.768. The van der Waals surface area contributed by atoms with Crippen molar-refractivity contribution < 1.29 is 19.4 Å². The Balaban J connectivity index is 2.40. The van der Waals surface area contributed by atoms with Crippen LogP contribution >= 0.6 is 0 Å². The Morgan fingerprint density at radius 1 is 1.06 bits per heavy atom. The van der Waals surface area contributed by atoms with Crippen LogP contribution in [-0.2, 0) is 0 Å². The lowest BCUT2D eigenvalue weighted by Gasteiger charge is -2.18. The fraction of sp³-hybridized carbons (Fsp3) is 0.500. The molecule has 2 N–H and O–H groups in total. The summed E-state index contributed by atoms with van der Waals surface area (Å²) in [7, 11) is -1.79. The van der Waals surface area contributed by atoms with E-state index in [0.717, 1.165) is 12.2 Å². The van der Waals surface area contributed by atoms with Crippen molar-refractivity contribution in [3.8, 4) is 11.5 Å². The lowest BCUT2D eigenvalue weighted by Crippen LogP contribution is -2.20. The van der Waals surface area contributed by atoms with Gasteiger partial charge in [0, 0.05) is 0 Å². The minimum absolute atomic E-state index is 0.254. The maximum Gasteiger partial charge on any atom is 0.707 e. The summed E-state index contributed by atoms with van der Waals surface area (Å²) in [6.45, 7) is 7.15. The van der Waals surface area contributed by atoms with Crippen LogP contribution in [0.3, 0.4) is 0 Å². The number of rotatable bonds is 5. The van der Waals surface area contributed by atoms with Crippen LogP contribution in [0.4, 0.5) is 0 Å². The lowest BCUT2D eigenvalue weighted by molar-refractivity contribution is 0.242. The van der Waals surface area contributed by atoms with Gasteiger partial charge in [-0.05, 0) is 36.1 Å². The first kappa shape index (κ1) is 13.9. The molecule has 0 aliphatic rings. The minimum Gasteiger partial charge on any atom is -0.512 e. The molecule has 1 aromatic carbocycles. The minimum atomic E-state index is -1.79. The van der Waals surface area contributed by atoms with E-state index in [1.165, 1.54) is 0 Å². The molecular weight excluding hydrogens is 219 g/mol. The maximum atomic E-state index is 8.61. The molecular formula is C12H19BO4. The maximum absolute atomic E-state index is 8.61. The molecule has 0 atom stereocenters. The average Bonchev–Trinajstić information content (AvgIpc) is 2.18. The van der Waals surface area contributed by atoms with Crippen LogP contribution in [-0.4, -0.2) is 24.0 Å². The highest BCUT2D eigenvalue weighted by Crippen LogP contribution is 2.21. The zero-order valence-corrected chi connectivity index (χ0v) is 10.5. The van der Waals surface area contributed by atoms with Crippen LogP contribution in [0.15, 0.2) is 24.3 Å². The molecule has 0 saturated heterocycles. The largest absolute Gasteiger partial charge is 0.707 e. The molecule has 0 aliphatic carbocycles. The fourth-order valence-electron chi connectivity index (χ4n) is 1.21. The molecule has 1 rings (SSSR count). The highest BCUT2D eigenvalue weighted by molar-refractivity contribution is 6.33. The predicted molar refractivity (Wildman–Crippen MR) is 66.8 cm³/mol. The van der Waals surface area contributed by atoms with Crippen molar-refractivity contribution in [3.63, 3.8) is 0 Å². The van der Waals surface area contributed by atoms with Crippen LogP contribution in [0.25, 0.3) is 0 Å². The molecule has 0 spiro atoms. The Hall–Kier alpha value is -1.20. The summed E-state index contributed by atoms with van der Waals surface area (Å²) in [5.74, 6) is 1.14. The molecule has 0 radical (unpaired) electrons. The normalized spacial score (nSPS) is 11.1. The van der Waals surface area contributed by atoms with Gasteiger partial charge in [0.2, 0.25) is 0 Å². The predicted octanol–water partition coefficient (Wildman–Crippen LogP) is 1.85. The van der Waals surface area contributed by atoms with Gasteiger partial charge in [0.1, 0.15) is 11.5 Å². The molecule has 94 valence electrons. The summed E-state index contributed by atoms with van der Waals surface area (Å²) in [5, 5.41) is 17.2. The van der Waals surface area contributed by atoms with Crippen molar-refractivity contribution in [1.82, 2.24) is 0 Å². The fourth-order valence-corrected chi connectivity index (χ4v) is 1.21. The van der Waals surface area contributed by atoms with Crippen LogP contribution in [0, 0.1) is 5.41 Å². The van der Waals surface area contributed by atoms with E-state index in [1.807, 2.05) is 0 Å². The molecule has 0 unspecified atom stereocenters. The third kappa shape index (κ3) is 6.19. The first-order chi connectivity index (χ1) is 7.87. The molecule has 5 heteroatoms. The number of benzene rings is 1. The monoisotopic (exact) mass is 238 g/mol. The first-order valence-electron chi connectivity index (χ1n) is 5.62. The van der Waals surface area contributed by atoms with Gasteiger partial charge in [0.25, 0.3) is 0 Å². The smallest absolute Gasteiger partial charge is 0.512 e. The van der Waals surface area contributed by atoms with Gasteiger partial charge in [-0.25, -0.2) is 0 Å². The molecule has 1 aromatic rings. The topological polar surface area (TPSA) is 58.9 Å². The second kappa shape index (κ2) is 5.93. The molecule has 0 bridgehead atoms. The van der Waals surface area contributed by atoms with Crippen molar-refractivity contribution in [3.05, 3.63) is 24.3 Å². The molecule has 0 aromatic heterocycles. The second-order valence-electron chi connectivity index (χ2n) is 5.07. The number of hydrogen-bond acceptors (Lipinski definition) is 4. The Bertz CT molecular complexity index is 329. The van der Waals surface area contributed by atoms with Crippen LogP contribution < -0.4 is 9.39 Å². The number of ether oxygens (including phenoxy) is 1. The molecule has 4 nitrogen and oxygen atoms in total. The summed E-state index contributed by atoms with van der Waals surface area (Å²) >= 11 is 0. The summed E-state index contributed by atoms with van der Waals surface area (Å²) < 4.78 is 10.2. The standard InChI is InChI=1S/C12H19BO4/c1-12(2,3)8-9-16-10-4-6-11(7-5-10)17-13(14)15/h4-7,14-15H,8-9H2,1-3H3. The molecule has 0 amide bonds. The van der Waals surface area contributed by atoms with E-state index in [0.29, 0.717) is 12.4 Å². The van der Waals surface area contributed by atoms with E-state index in [-0.39, 0.29) is 5.41 Å². The Labute approximate surface area is 102 Å². The lowest BCUT2D eigenvalue weighted by atomic mass is 9.93. The van der Waals surface area contributed by atoms with Crippen LogP contribution in [0.5, 0.6) is 11.5 Å². The van der Waals surface area contributed by atoms with Gasteiger partial charge in [-0.3, -0.25) is 0 Å². The summed E-state index contributed by atoms with van der Waals surface area (Å²) in [4.78, 5) is 0. The summed E-state index contributed by atoms with van der Waals surface area (Å²) in [6, 6.07) is 6.73. The van der Waals surface area contributed by atoms with Gasteiger partial charge in [0.15, 0.2) is 0 Å². The summed E-state index contributed by atoms with van der Waals surface area (Å²) in [6.07, 6.45) is 0.973. The van der Waals surface area contributed by atoms with E-state index in [2.05, 4.69) is 25.4 Å². The SMILES string of the molecule is CC(C)(C)CCOc1ccc(OB(O)O)cc1. The molecule has 0 fully saturated rings. The third-order valence-corrected chi connectivity index (χ3v) is 2.19. The van der Waals surface area contributed by atoms with Crippen molar-refractivity contribution in [1.29, 1.82) is 0 Å². The Morgan fingerprint density at radius 3 is 2.06 bits per heavy atom. The van der Waals surface area contributed by atoms with Gasteiger partial charge in [0.05, 0.1) is 6.61 Å². The highest BCUT2D eigenvalue weighted by Gasteiger charge is 2.11. The summed E-state index contributed by atoms with van der Waals surface area (Å²) in [5.41, 5.74) is 0.254. The zero-order chi connectivity index (χ0) is 12.9.